The summed E-state index contributed by atoms with van der Waals surface area (Å²) in [5, 5.41) is 10.9. The van der Waals surface area contributed by atoms with Crippen LogP contribution >= 0.6 is 0 Å². The molecule has 0 bridgehead atoms. The summed E-state index contributed by atoms with van der Waals surface area (Å²) in [6.07, 6.45) is 1.73. The fourth-order valence-corrected chi connectivity index (χ4v) is 2.29. The van der Waals surface area contributed by atoms with E-state index in [-0.39, 0.29) is 12.5 Å². The van der Waals surface area contributed by atoms with Gasteiger partial charge < -0.3 is 14.8 Å². The molecule has 7 nitrogen and oxygen atoms in total. The summed E-state index contributed by atoms with van der Waals surface area (Å²) >= 11 is 0. The van der Waals surface area contributed by atoms with E-state index in [0.717, 1.165) is 17.1 Å². The topological polar surface area (TPSA) is 78.3 Å². The van der Waals surface area contributed by atoms with E-state index in [1.54, 1.807) is 44.7 Å². The molecule has 0 saturated carbocycles. The molecule has 0 spiro atoms. The quantitative estimate of drug-likeness (QED) is 0.747. The summed E-state index contributed by atoms with van der Waals surface area (Å²) in [6.45, 7) is 0.0786. The number of anilines is 1. The number of aromatic nitrogens is 3. The molecular weight excluding hydrogens is 320 g/mol. The summed E-state index contributed by atoms with van der Waals surface area (Å²) in [7, 11) is 3.21. The second-order valence-electron chi connectivity index (χ2n) is 5.31. The number of hydrogen-bond acceptors (Lipinski definition) is 5. The summed E-state index contributed by atoms with van der Waals surface area (Å²) in [5.74, 6) is 1.32. The number of carbonyl (C=O) groups excluding carboxylic acids is 1. The Bertz CT molecular complexity index is 842. The molecule has 7 heteroatoms. The molecule has 3 rings (SSSR count). The van der Waals surface area contributed by atoms with Crippen LogP contribution in [-0.2, 0) is 11.3 Å². The lowest BCUT2D eigenvalue weighted by Crippen LogP contribution is -2.19. The van der Waals surface area contributed by atoms with Gasteiger partial charge in [0.05, 0.1) is 20.4 Å². The van der Waals surface area contributed by atoms with Gasteiger partial charge in [-0.3, -0.25) is 4.79 Å². The van der Waals surface area contributed by atoms with Gasteiger partial charge in [-0.1, -0.05) is 5.21 Å². The van der Waals surface area contributed by atoms with E-state index in [0.29, 0.717) is 11.4 Å². The molecule has 2 aromatic carbocycles. The summed E-state index contributed by atoms with van der Waals surface area (Å²) in [5.41, 5.74) is 2.30. The maximum absolute atomic E-state index is 12.1. The summed E-state index contributed by atoms with van der Waals surface area (Å²) < 4.78 is 11.7. The number of carbonyl (C=O) groups is 1. The number of amides is 1. The molecule has 0 radical (unpaired) electrons. The average Bonchev–Trinajstić information content (AvgIpc) is 3.10. The fraction of sp³-hybridized carbons (Fsp3) is 0.167. The van der Waals surface area contributed by atoms with E-state index in [9.17, 15) is 4.79 Å². The zero-order chi connectivity index (χ0) is 17.6. The minimum Gasteiger partial charge on any atom is -0.497 e. The van der Waals surface area contributed by atoms with E-state index >= 15 is 0 Å². The predicted octanol–water partition coefficient (Wildman–Crippen LogP) is 2.60. The molecule has 1 heterocycles. The van der Waals surface area contributed by atoms with Crippen molar-refractivity contribution in [2.45, 2.75) is 6.54 Å². The van der Waals surface area contributed by atoms with Crippen LogP contribution in [0.4, 0.5) is 5.69 Å². The van der Waals surface area contributed by atoms with Crippen molar-refractivity contribution in [2.24, 2.45) is 0 Å². The van der Waals surface area contributed by atoms with Crippen LogP contribution in [0, 0.1) is 0 Å². The first-order valence-corrected chi connectivity index (χ1v) is 7.66. The zero-order valence-electron chi connectivity index (χ0n) is 14.0. The van der Waals surface area contributed by atoms with Crippen molar-refractivity contribution < 1.29 is 14.3 Å². The van der Waals surface area contributed by atoms with Crippen molar-refractivity contribution in [3.05, 3.63) is 54.7 Å². The molecular formula is C18H18N4O3. The van der Waals surface area contributed by atoms with Gasteiger partial charge in [-0.2, -0.15) is 0 Å². The third kappa shape index (κ3) is 4.14. The lowest BCUT2D eigenvalue weighted by molar-refractivity contribution is -0.116. The van der Waals surface area contributed by atoms with Crippen molar-refractivity contribution in [3.63, 3.8) is 0 Å². The summed E-state index contributed by atoms with van der Waals surface area (Å²) in [6, 6.07) is 14.6. The molecule has 1 N–H and O–H groups in total. The highest BCUT2D eigenvalue weighted by molar-refractivity contribution is 5.90. The standard InChI is InChI=1S/C18H18N4O3/c1-24-15-7-3-13(4-8-15)17-11-22(21-20-17)12-18(23)19-14-5-9-16(25-2)10-6-14/h3-11H,12H2,1-2H3,(H,19,23). The van der Waals surface area contributed by atoms with Crippen LogP contribution in [0.5, 0.6) is 11.5 Å². The Morgan fingerprint density at radius 3 is 2.20 bits per heavy atom. The molecule has 0 atom stereocenters. The number of ether oxygens (including phenoxy) is 2. The first-order valence-electron chi connectivity index (χ1n) is 7.66. The van der Waals surface area contributed by atoms with Crippen LogP contribution in [0.1, 0.15) is 0 Å². The molecule has 0 saturated heterocycles. The normalized spacial score (nSPS) is 10.3. The van der Waals surface area contributed by atoms with Gasteiger partial charge in [0.15, 0.2) is 0 Å². The molecule has 0 aliphatic carbocycles. The Kier molecular flexibility index (Phi) is 4.94. The molecule has 3 aromatic rings. The van der Waals surface area contributed by atoms with E-state index in [2.05, 4.69) is 15.6 Å². The highest BCUT2D eigenvalue weighted by Crippen LogP contribution is 2.20. The lowest BCUT2D eigenvalue weighted by atomic mass is 10.2. The van der Waals surface area contributed by atoms with Crippen molar-refractivity contribution in [1.82, 2.24) is 15.0 Å². The van der Waals surface area contributed by atoms with Crippen LogP contribution in [-0.4, -0.2) is 35.1 Å². The molecule has 0 aliphatic heterocycles. The zero-order valence-corrected chi connectivity index (χ0v) is 14.0. The van der Waals surface area contributed by atoms with Crippen LogP contribution in [0.15, 0.2) is 54.7 Å². The Morgan fingerprint density at radius 2 is 1.60 bits per heavy atom. The smallest absolute Gasteiger partial charge is 0.246 e. The van der Waals surface area contributed by atoms with Gasteiger partial charge in [0.1, 0.15) is 23.7 Å². The van der Waals surface area contributed by atoms with Crippen molar-refractivity contribution in [2.75, 3.05) is 19.5 Å². The Morgan fingerprint density at radius 1 is 1.00 bits per heavy atom. The average molecular weight is 338 g/mol. The molecule has 0 aliphatic rings. The molecule has 1 amide bonds. The maximum atomic E-state index is 12.1. The maximum Gasteiger partial charge on any atom is 0.246 e. The second-order valence-corrected chi connectivity index (χ2v) is 5.31. The number of nitrogens with zero attached hydrogens (tertiary/aromatic N) is 3. The Labute approximate surface area is 145 Å². The minimum atomic E-state index is -0.184. The molecule has 1 aromatic heterocycles. The number of nitrogens with one attached hydrogen (secondary N) is 1. The van der Waals surface area contributed by atoms with Crippen LogP contribution in [0.2, 0.25) is 0 Å². The molecule has 25 heavy (non-hydrogen) atoms. The van der Waals surface area contributed by atoms with Crippen molar-refractivity contribution in [1.29, 1.82) is 0 Å². The lowest BCUT2D eigenvalue weighted by Gasteiger charge is -2.06. The van der Waals surface area contributed by atoms with Gasteiger partial charge in [-0.05, 0) is 48.5 Å². The fourth-order valence-electron chi connectivity index (χ4n) is 2.29. The van der Waals surface area contributed by atoms with Gasteiger partial charge in [0.2, 0.25) is 5.91 Å². The molecule has 128 valence electrons. The van der Waals surface area contributed by atoms with Crippen molar-refractivity contribution >= 4 is 11.6 Å². The van der Waals surface area contributed by atoms with Crippen molar-refractivity contribution in [3.8, 4) is 22.8 Å². The van der Waals surface area contributed by atoms with E-state index in [1.807, 2.05) is 24.3 Å². The largest absolute Gasteiger partial charge is 0.497 e. The van der Waals surface area contributed by atoms with Crippen LogP contribution in [0.25, 0.3) is 11.3 Å². The second kappa shape index (κ2) is 7.48. The summed E-state index contributed by atoms with van der Waals surface area (Å²) in [4.78, 5) is 12.1. The molecule has 0 fully saturated rings. The Balaban J connectivity index is 1.62. The number of rotatable bonds is 6. The SMILES string of the molecule is COc1ccc(NC(=O)Cn2cc(-c3ccc(OC)cc3)nn2)cc1. The van der Waals surface area contributed by atoms with Crippen LogP contribution in [0.3, 0.4) is 0 Å². The third-order valence-corrected chi connectivity index (χ3v) is 3.60. The highest BCUT2D eigenvalue weighted by atomic mass is 16.5. The van der Waals surface area contributed by atoms with E-state index in [1.165, 1.54) is 4.68 Å². The van der Waals surface area contributed by atoms with Gasteiger partial charge in [-0.15, -0.1) is 5.10 Å². The monoisotopic (exact) mass is 338 g/mol. The Hall–Kier alpha value is -3.35. The molecule has 0 unspecified atom stereocenters. The van der Waals surface area contributed by atoms with Gasteiger partial charge >= 0.3 is 0 Å². The van der Waals surface area contributed by atoms with Gasteiger partial charge in [0.25, 0.3) is 0 Å². The first-order chi connectivity index (χ1) is 12.2. The number of hydrogen-bond donors (Lipinski definition) is 1. The van der Waals surface area contributed by atoms with Crippen LogP contribution < -0.4 is 14.8 Å². The van der Waals surface area contributed by atoms with Gasteiger partial charge in [0, 0.05) is 11.3 Å². The van der Waals surface area contributed by atoms with E-state index in [4.69, 9.17) is 9.47 Å². The number of methoxy groups -OCH3 is 2. The van der Waals surface area contributed by atoms with Gasteiger partial charge in [-0.25, -0.2) is 4.68 Å². The number of benzene rings is 2. The van der Waals surface area contributed by atoms with E-state index < -0.39 is 0 Å². The first kappa shape index (κ1) is 16.5. The minimum absolute atomic E-state index is 0.0786. The predicted molar refractivity (Wildman–Crippen MR) is 93.6 cm³/mol. The third-order valence-electron chi connectivity index (χ3n) is 3.60. The highest BCUT2D eigenvalue weighted by Gasteiger charge is 2.08.